The number of hydrogen-bond acceptors (Lipinski definition) is 6. The van der Waals surface area contributed by atoms with Gasteiger partial charge in [-0.3, -0.25) is 0 Å². The molecule has 0 aromatic rings. The standard InChI is InChI=1S/C26H48N2O6/c1-19(2)31-21-13-7-9-15-23(21)33-25(29)27-17-11-5-6-12-18-28-26(30)34-24-16-10-8-14-22(24)32-20(3)4/h19-24H,5-18H2,1-4H3,(H,27,29)(H,28,30)/t21-,22+,23-,24-/m0/s1. The fourth-order valence-corrected chi connectivity index (χ4v) is 4.75. The molecule has 2 rings (SSSR count). The summed E-state index contributed by atoms with van der Waals surface area (Å²) >= 11 is 0. The summed E-state index contributed by atoms with van der Waals surface area (Å²) in [5, 5.41) is 5.72. The summed E-state index contributed by atoms with van der Waals surface area (Å²) in [7, 11) is 0. The van der Waals surface area contributed by atoms with E-state index >= 15 is 0 Å². The first kappa shape index (κ1) is 28.7. The molecule has 0 aliphatic heterocycles. The van der Waals surface area contributed by atoms with Crippen molar-refractivity contribution in [3.05, 3.63) is 0 Å². The molecule has 8 heteroatoms. The maximum atomic E-state index is 12.1. The van der Waals surface area contributed by atoms with E-state index in [-0.39, 0.29) is 48.8 Å². The lowest BCUT2D eigenvalue weighted by atomic mass is 9.94. The molecule has 0 radical (unpaired) electrons. The molecule has 0 spiro atoms. The van der Waals surface area contributed by atoms with Crippen molar-refractivity contribution in [3.8, 4) is 0 Å². The molecular weight excluding hydrogens is 436 g/mol. The van der Waals surface area contributed by atoms with Crippen LogP contribution >= 0.6 is 0 Å². The first-order valence-electron chi connectivity index (χ1n) is 13.5. The van der Waals surface area contributed by atoms with Gasteiger partial charge in [0.1, 0.15) is 12.2 Å². The van der Waals surface area contributed by atoms with Crippen LogP contribution in [-0.4, -0.2) is 61.9 Å². The molecular formula is C26H48N2O6. The fourth-order valence-electron chi connectivity index (χ4n) is 4.75. The van der Waals surface area contributed by atoms with Crippen molar-refractivity contribution in [2.75, 3.05) is 13.1 Å². The monoisotopic (exact) mass is 484 g/mol. The lowest BCUT2D eigenvalue weighted by Gasteiger charge is -2.32. The van der Waals surface area contributed by atoms with Crippen LogP contribution in [0.1, 0.15) is 105 Å². The third-order valence-electron chi connectivity index (χ3n) is 6.34. The van der Waals surface area contributed by atoms with Crippen LogP contribution in [0.15, 0.2) is 0 Å². The summed E-state index contributed by atoms with van der Waals surface area (Å²) in [6.07, 6.45) is 11.0. The zero-order valence-electron chi connectivity index (χ0n) is 21.8. The van der Waals surface area contributed by atoms with Gasteiger partial charge in [-0.15, -0.1) is 0 Å². The van der Waals surface area contributed by atoms with E-state index in [0.717, 1.165) is 77.0 Å². The smallest absolute Gasteiger partial charge is 0.407 e. The zero-order chi connectivity index (χ0) is 24.8. The van der Waals surface area contributed by atoms with E-state index < -0.39 is 0 Å². The van der Waals surface area contributed by atoms with Gasteiger partial charge in [-0.05, 0) is 79.1 Å². The van der Waals surface area contributed by atoms with E-state index in [1.54, 1.807) is 0 Å². The molecule has 2 amide bonds. The Hall–Kier alpha value is -1.54. The Morgan fingerprint density at radius 3 is 1.32 bits per heavy atom. The molecule has 2 saturated carbocycles. The average Bonchev–Trinajstić information content (AvgIpc) is 2.77. The highest BCUT2D eigenvalue weighted by Gasteiger charge is 2.30. The van der Waals surface area contributed by atoms with E-state index in [4.69, 9.17) is 18.9 Å². The lowest BCUT2D eigenvalue weighted by molar-refractivity contribution is -0.0864. The Morgan fingerprint density at radius 2 is 0.971 bits per heavy atom. The quantitative estimate of drug-likeness (QED) is 0.337. The van der Waals surface area contributed by atoms with Crippen molar-refractivity contribution < 1.29 is 28.5 Å². The van der Waals surface area contributed by atoms with Crippen molar-refractivity contribution in [2.45, 2.75) is 141 Å². The first-order valence-corrected chi connectivity index (χ1v) is 13.5. The number of alkyl carbamates (subject to hydrolysis) is 2. The summed E-state index contributed by atoms with van der Waals surface area (Å²) in [6.45, 7) is 9.24. The van der Waals surface area contributed by atoms with Crippen LogP contribution in [0.4, 0.5) is 9.59 Å². The summed E-state index contributed by atoms with van der Waals surface area (Å²) < 4.78 is 23.1. The van der Waals surface area contributed by atoms with Crippen molar-refractivity contribution in [2.24, 2.45) is 0 Å². The molecule has 2 aliphatic rings. The predicted molar refractivity (Wildman–Crippen MR) is 132 cm³/mol. The van der Waals surface area contributed by atoms with Gasteiger partial charge in [-0.2, -0.15) is 0 Å². The zero-order valence-corrected chi connectivity index (χ0v) is 21.8. The van der Waals surface area contributed by atoms with Crippen LogP contribution in [-0.2, 0) is 18.9 Å². The molecule has 0 aromatic heterocycles. The van der Waals surface area contributed by atoms with Gasteiger partial charge in [0.25, 0.3) is 0 Å². The van der Waals surface area contributed by atoms with Gasteiger partial charge in [0.05, 0.1) is 24.4 Å². The minimum absolute atomic E-state index is 0.00502. The number of unbranched alkanes of at least 4 members (excludes halogenated alkanes) is 3. The van der Waals surface area contributed by atoms with Crippen LogP contribution in [0.2, 0.25) is 0 Å². The van der Waals surface area contributed by atoms with Gasteiger partial charge in [0.2, 0.25) is 0 Å². The molecule has 0 bridgehead atoms. The maximum Gasteiger partial charge on any atom is 0.407 e. The first-order chi connectivity index (χ1) is 16.3. The molecule has 2 fully saturated rings. The second-order valence-corrected chi connectivity index (χ2v) is 10.2. The van der Waals surface area contributed by atoms with E-state index in [9.17, 15) is 9.59 Å². The van der Waals surface area contributed by atoms with Crippen molar-refractivity contribution in [1.82, 2.24) is 10.6 Å². The van der Waals surface area contributed by atoms with Gasteiger partial charge in [0.15, 0.2) is 0 Å². The number of carbonyl (C=O) groups is 2. The average molecular weight is 485 g/mol. The Bertz CT molecular complexity index is 536. The second-order valence-electron chi connectivity index (χ2n) is 10.2. The van der Waals surface area contributed by atoms with Gasteiger partial charge in [-0.1, -0.05) is 25.7 Å². The van der Waals surface area contributed by atoms with Crippen molar-refractivity contribution in [3.63, 3.8) is 0 Å². The molecule has 0 heterocycles. The normalized spacial score (nSPS) is 25.2. The largest absolute Gasteiger partial charge is 0.443 e. The molecule has 0 unspecified atom stereocenters. The minimum Gasteiger partial charge on any atom is -0.443 e. The third-order valence-corrected chi connectivity index (χ3v) is 6.34. The Kier molecular flexibility index (Phi) is 13.7. The number of nitrogens with one attached hydrogen (secondary N) is 2. The highest BCUT2D eigenvalue weighted by atomic mass is 16.6. The summed E-state index contributed by atoms with van der Waals surface area (Å²) in [4.78, 5) is 24.3. The molecule has 8 nitrogen and oxygen atoms in total. The number of rotatable bonds is 13. The molecule has 198 valence electrons. The van der Waals surface area contributed by atoms with Gasteiger partial charge in [0, 0.05) is 13.1 Å². The van der Waals surface area contributed by atoms with E-state index in [1.165, 1.54) is 0 Å². The summed E-state index contributed by atoms with van der Waals surface area (Å²) in [5.41, 5.74) is 0. The Morgan fingerprint density at radius 1 is 0.618 bits per heavy atom. The Balaban J connectivity index is 1.49. The van der Waals surface area contributed by atoms with E-state index in [2.05, 4.69) is 10.6 Å². The van der Waals surface area contributed by atoms with E-state index in [1.807, 2.05) is 27.7 Å². The van der Waals surface area contributed by atoms with Gasteiger partial charge < -0.3 is 29.6 Å². The number of carbonyl (C=O) groups excluding carboxylic acids is 2. The molecule has 2 N–H and O–H groups in total. The topological polar surface area (TPSA) is 95.1 Å². The predicted octanol–water partition coefficient (Wildman–Crippen LogP) is 5.47. The van der Waals surface area contributed by atoms with Crippen LogP contribution in [0.25, 0.3) is 0 Å². The van der Waals surface area contributed by atoms with Gasteiger partial charge in [-0.25, -0.2) is 9.59 Å². The molecule has 2 aliphatic carbocycles. The number of amides is 2. The molecule has 0 saturated heterocycles. The SMILES string of the molecule is CC(C)O[C@H]1CCCC[C@@H]1OC(=O)NCCCCCCNC(=O)O[C@H]1CCCC[C@H]1OC(C)C. The third kappa shape index (κ3) is 11.7. The molecule has 34 heavy (non-hydrogen) atoms. The van der Waals surface area contributed by atoms with Crippen LogP contribution < -0.4 is 10.6 Å². The van der Waals surface area contributed by atoms with Crippen LogP contribution in [0.5, 0.6) is 0 Å². The summed E-state index contributed by atoms with van der Waals surface area (Å²) in [5.74, 6) is 0. The second kappa shape index (κ2) is 16.2. The van der Waals surface area contributed by atoms with Crippen LogP contribution in [0.3, 0.4) is 0 Å². The number of ether oxygens (including phenoxy) is 4. The van der Waals surface area contributed by atoms with Gasteiger partial charge >= 0.3 is 12.2 Å². The van der Waals surface area contributed by atoms with Crippen molar-refractivity contribution in [1.29, 1.82) is 0 Å². The fraction of sp³-hybridized carbons (Fsp3) is 0.923. The van der Waals surface area contributed by atoms with Crippen molar-refractivity contribution >= 4 is 12.2 Å². The summed E-state index contributed by atoms with van der Waals surface area (Å²) in [6, 6.07) is 0. The lowest BCUT2D eigenvalue weighted by Crippen LogP contribution is -2.40. The highest BCUT2D eigenvalue weighted by molar-refractivity contribution is 5.67. The maximum absolute atomic E-state index is 12.1. The Labute approximate surface area is 206 Å². The molecule has 4 atom stereocenters. The van der Waals surface area contributed by atoms with Crippen LogP contribution in [0, 0.1) is 0 Å². The minimum atomic E-state index is -0.351. The number of hydrogen-bond donors (Lipinski definition) is 2. The highest BCUT2D eigenvalue weighted by Crippen LogP contribution is 2.26. The van der Waals surface area contributed by atoms with E-state index in [0.29, 0.717) is 13.1 Å². The molecule has 0 aromatic carbocycles.